The average Bonchev–Trinajstić information content (AvgIpc) is 3.10. The highest BCUT2D eigenvalue weighted by atomic mass is 16.5. The van der Waals surface area contributed by atoms with Crippen LogP contribution in [0.4, 0.5) is 17.2 Å². The number of anilines is 3. The molecule has 4 N–H and O–H groups in total. The van der Waals surface area contributed by atoms with Gasteiger partial charge in [-0.25, -0.2) is 4.68 Å². The smallest absolute Gasteiger partial charge is 0.280 e. The average molecular weight is 422 g/mol. The number of nitrogens with two attached hydrogens (primary N) is 1. The second kappa shape index (κ2) is 9.75. The Morgan fingerprint density at radius 1 is 1.10 bits per heavy atom. The van der Waals surface area contributed by atoms with Crippen molar-refractivity contribution in [2.75, 3.05) is 23.0 Å². The minimum absolute atomic E-state index is 0.00306. The minimum atomic E-state index is -0.541. The predicted molar refractivity (Wildman–Crippen MR) is 119 cm³/mol. The summed E-state index contributed by atoms with van der Waals surface area (Å²) in [6.07, 6.45) is 0. The van der Waals surface area contributed by atoms with Crippen LogP contribution in [0.1, 0.15) is 42.7 Å². The van der Waals surface area contributed by atoms with Gasteiger partial charge < -0.3 is 21.1 Å². The fraction of sp³-hybridized carbons (Fsp3) is 0.273. The first-order valence-electron chi connectivity index (χ1n) is 10.0. The van der Waals surface area contributed by atoms with Crippen molar-refractivity contribution in [1.29, 1.82) is 0 Å². The van der Waals surface area contributed by atoms with E-state index in [1.807, 2.05) is 31.2 Å². The molecule has 31 heavy (non-hydrogen) atoms. The van der Waals surface area contributed by atoms with Gasteiger partial charge in [-0.3, -0.25) is 9.59 Å². The van der Waals surface area contributed by atoms with Gasteiger partial charge in [0.1, 0.15) is 12.3 Å². The molecule has 0 saturated heterocycles. The third-order valence-corrected chi connectivity index (χ3v) is 4.58. The predicted octanol–water partition coefficient (Wildman–Crippen LogP) is 3.27. The Hall–Kier alpha value is -3.88. The molecule has 0 aliphatic heterocycles. The van der Waals surface area contributed by atoms with Crippen LogP contribution in [-0.4, -0.2) is 33.4 Å². The van der Waals surface area contributed by atoms with Gasteiger partial charge in [0.25, 0.3) is 5.91 Å². The van der Waals surface area contributed by atoms with Gasteiger partial charge >= 0.3 is 0 Å². The van der Waals surface area contributed by atoms with Gasteiger partial charge in [0.15, 0.2) is 11.5 Å². The number of amides is 2. The number of aromatic nitrogens is 3. The van der Waals surface area contributed by atoms with Crippen molar-refractivity contribution in [3.8, 4) is 5.75 Å². The number of hydrogen-bond donors (Lipinski definition) is 3. The van der Waals surface area contributed by atoms with Gasteiger partial charge in [-0.05, 0) is 42.7 Å². The molecule has 0 aliphatic carbocycles. The maximum atomic E-state index is 12.6. The van der Waals surface area contributed by atoms with Crippen molar-refractivity contribution in [3.05, 3.63) is 59.8 Å². The maximum absolute atomic E-state index is 12.6. The van der Waals surface area contributed by atoms with Crippen LogP contribution in [0, 0.1) is 0 Å². The highest BCUT2D eigenvalue weighted by Gasteiger charge is 2.20. The molecule has 0 fully saturated rings. The molecule has 1 heterocycles. The van der Waals surface area contributed by atoms with Crippen molar-refractivity contribution >= 4 is 29.0 Å². The number of nitrogens with zero attached hydrogens (tertiary/aromatic N) is 3. The number of nitrogens with one attached hydrogen (secondary N) is 2. The summed E-state index contributed by atoms with van der Waals surface area (Å²) in [6, 6.07) is 14.6. The number of carbonyl (C=O) groups excluding carboxylic acids is 2. The summed E-state index contributed by atoms with van der Waals surface area (Å²) in [6.45, 7) is 6.34. The van der Waals surface area contributed by atoms with Crippen molar-refractivity contribution in [2.24, 2.45) is 0 Å². The van der Waals surface area contributed by atoms with E-state index in [0.29, 0.717) is 29.6 Å². The maximum Gasteiger partial charge on any atom is 0.280 e. The molecule has 0 spiro atoms. The van der Waals surface area contributed by atoms with Crippen molar-refractivity contribution < 1.29 is 14.3 Å². The Morgan fingerprint density at radius 2 is 1.81 bits per heavy atom. The summed E-state index contributed by atoms with van der Waals surface area (Å²) in [5, 5.41) is 13.2. The Kier molecular flexibility index (Phi) is 6.86. The van der Waals surface area contributed by atoms with Gasteiger partial charge in [0.05, 0.1) is 12.3 Å². The van der Waals surface area contributed by atoms with Gasteiger partial charge in [0, 0.05) is 5.69 Å². The van der Waals surface area contributed by atoms with E-state index >= 15 is 0 Å². The zero-order chi connectivity index (χ0) is 22.4. The molecular weight excluding hydrogens is 396 g/mol. The first kappa shape index (κ1) is 21.8. The van der Waals surface area contributed by atoms with E-state index in [9.17, 15) is 9.59 Å². The highest BCUT2D eigenvalue weighted by molar-refractivity contribution is 6.06. The number of benzene rings is 2. The SMILES string of the molecule is CCOc1ccccc1NC(=O)c1nnn(CC(=O)Nc2ccc(C(C)C)cc2)c1N. The van der Waals surface area contributed by atoms with Crippen LogP contribution < -0.4 is 21.1 Å². The van der Waals surface area contributed by atoms with Crippen molar-refractivity contribution in [3.63, 3.8) is 0 Å². The van der Waals surface area contributed by atoms with Crippen LogP contribution >= 0.6 is 0 Å². The molecule has 0 atom stereocenters. The fourth-order valence-electron chi connectivity index (χ4n) is 2.92. The fourth-order valence-corrected chi connectivity index (χ4v) is 2.92. The molecule has 3 aromatic rings. The van der Waals surface area contributed by atoms with E-state index < -0.39 is 5.91 Å². The first-order valence-corrected chi connectivity index (χ1v) is 10.0. The molecule has 0 aliphatic rings. The van der Waals surface area contributed by atoms with E-state index in [2.05, 4.69) is 34.8 Å². The topological polar surface area (TPSA) is 124 Å². The molecular formula is C22H26N6O3. The van der Waals surface area contributed by atoms with Crippen LogP contribution in [0.2, 0.25) is 0 Å². The monoisotopic (exact) mass is 422 g/mol. The molecule has 1 aromatic heterocycles. The second-order valence-electron chi connectivity index (χ2n) is 7.19. The minimum Gasteiger partial charge on any atom is -0.492 e. The largest absolute Gasteiger partial charge is 0.492 e. The summed E-state index contributed by atoms with van der Waals surface area (Å²) in [5.41, 5.74) is 8.28. The molecule has 0 saturated carbocycles. The van der Waals surface area contributed by atoms with E-state index in [0.717, 1.165) is 0 Å². The molecule has 9 heteroatoms. The van der Waals surface area contributed by atoms with Crippen molar-refractivity contribution in [1.82, 2.24) is 15.0 Å². The van der Waals surface area contributed by atoms with Gasteiger partial charge in [-0.15, -0.1) is 5.10 Å². The molecule has 2 amide bonds. The number of rotatable bonds is 8. The van der Waals surface area contributed by atoms with Crippen LogP contribution in [0.25, 0.3) is 0 Å². The summed E-state index contributed by atoms with van der Waals surface area (Å²) in [4.78, 5) is 25.0. The van der Waals surface area contributed by atoms with E-state index in [-0.39, 0.29) is 24.0 Å². The normalized spacial score (nSPS) is 10.7. The Balaban J connectivity index is 1.65. The number of carbonyl (C=O) groups is 2. The zero-order valence-corrected chi connectivity index (χ0v) is 17.8. The summed E-state index contributed by atoms with van der Waals surface area (Å²) in [5.74, 6) is 0.0665. The lowest BCUT2D eigenvalue weighted by Gasteiger charge is -2.10. The van der Waals surface area contributed by atoms with E-state index in [1.165, 1.54) is 10.2 Å². The van der Waals surface area contributed by atoms with Gasteiger partial charge in [-0.1, -0.05) is 43.3 Å². The molecule has 162 valence electrons. The molecule has 0 unspecified atom stereocenters. The molecule has 2 aromatic carbocycles. The van der Waals surface area contributed by atoms with Crippen LogP contribution in [-0.2, 0) is 11.3 Å². The molecule has 0 bridgehead atoms. The van der Waals surface area contributed by atoms with Crippen LogP contribution in [0.15, 0.2) is 48.5 Å². The van der Waals surface area contributed by atoms with Gasteiger partial charge in [-0.2, -0.15) is 0 Å². The quantitative estimate of drug-likeness (QED) is 0.512. The zero-order valence-electron chi connectivity index (χ0n) is 17.8. The van der Waals surface area contributed by atoms with Crippen molar-refractivity contribution in [2.45, 2.75) is 33.2 Å². The summed E-state index contributed by atoms with van der Waals surface area (Å²) >= 11 is 0. The molecule has 0 radical (unpaired) electrons. The molecule has 9 nitrogen and oxygen atoms in total. The standard InChI is InChI=1S/C22H26N6O3/c1-4-31-18-8-6-5-7-17(18)25-22(30)20-21(23)28(27-26-20)13-19(29)24-16-11-9-15(10-12-16)14(2)3/h5-12,14H,4,13,23H2,1-3H3,(H,24,29)(H,25,30). The Bertz CT molecular complexity index is 1060. The first-order chi connectivity index (χ1) is 14.9. The Morgan fingerprint density at radius 3 is 2.48 bits per heavy atom. The molecule has 3 rings (SSSR count). The van der Waals surface area contributed by atoms with E-state index in [4.69, 9.17) is 10.5 Å². The lowest BCUT2D eigenvalue weighted by molar-refractivity contribution is -0.116. The second-order valence-corrected chi connectivity index (χ2v) is 7.19. The number of para-hydroxylation sites is 2. The third kappa shape index (κ3) is 5.39. The number of hydrogen-bond acceptors (Lipinski definition) is 6. The van der Waals surface area contributed by atoms with E-state index in [1.54, 1.807) is 24.3 Å². The van der Waals surface area contributed by atoms with Crippen LogP contribution in [0.5, 0.6) is 5.75 Å². The Labute approximate surface area is 180 Å². The number of nitrogen functional groups attached to an aromatic ring is 1. The lowest BCUT2D eigenvalue weighted by atomic mass is 10.0. The lowest BCUT2D eigenvalue weighted by Crippen LogP contribution is -2.21. The highest BCUT2D eigenvalue weighted by Crippen LogP contribution is 2.24. The van der Waals surface area contributed by atoms with Crippen LogP contribution in [0.3, 0.4) is 0 Å². The summed E-state index contributed by atoms with van der Waals surface area (Å²) in [7, 11) is 0. The number of ether oxygens (including phenoxy) is 1. The summed E-state index contributed by atoms with van der Waals surface area (Å²) < 4.78 is 6.68. The van der Waals surface area contributed by atoms with Gasteiger partial charge in [0.2, 0.25) is 5.91 Å². The third-order valence-electron chi connectivity index (χ3n) is 4.58.